The predicted octanol–water partition coefficient (Wildman–Crippen LogP) is 7.13. The van der Waals surface area contributed by atoms with Crippen LogP contribution in [0.2, 0.25) is 0 Å². The van der Waals surface area contributed by atoms with Crippen LogP contribution >= 0.6 is 7.14 Å². The Bertz CT molecular complexity index is 752. The Hall–Kier alpha value is -1.53. The first-order chi connectivity index (χ1) is 13.3. The molecule has 0 aliphatic heterocycles. The topological polar surface area (TPSA) is 26.3 Å². The van der Waals surface area contributed by atoms with E-state index >= 15 is 0 Å². The summed E-state index contributed by atoms with van der Waals surface area (Å²) in [7, 11) is -2.52. The van der Waals surface area contributed by atoms with Gasteiger partial charge in [0.25, 0.3) is 0 Å². The van der Waals surface area contributed by atoms with E-state index in [1.165, 1.54) is 38.5 Å². The first kappa shape index (κ1) is 18.8. The van der Waals surface area contributed by atoms with E-state index in [2.05, 4.69) is 6.07 Å². The molecular weight excluding hydrogens is 351 g/mol. The highest BCUT2D eigenvalue weighted by Gasteiger charge is 2.44. The largest absolute Gasteiger partial charge is 0.457 e. The SMILES string of the molecule is O=P(c1ccccc1Oc1ccccc1)(C1CCCCC1)C1CCCCC1. The zero-order valence-electron chi connectivity index (χ0n) is 16.2. The van der Waals surface area contributed by atoms with Crippen molar-refractivity contribution in [3.8, 4) is 11.5 Å². The van der Waals surface area contributed by atoms with Crippen molar-refractivity contribution >= 4 is 12.4 Å². The first-order valence-corrected chi connectivity index (χ1v) is 12.5. The van der Waals surface area contributed by atoms with Gasteiger partial charge >= 0.3 is 0 Å². The van der Waals surface area contributed by atoms with Gasteiger partial charge in [-0.05, 0) is 49.9 Å². The monoisotopic (exact) mass is 382 g/mol. The molecule has 0 saturated heterocycles. The van der Waals surface area contributed by atoms with Crippen molar-refractivity contribution in [2.45, 2.75) is 75.5 Å². The van der Waals surface area contributed by atoms with Crippen molar-refractivity contribution in [2.75, 3.05) is 0 Å². The summed E-state index contributed by atoms with van der Waals surface area (Å²) in [5, 5.41) is 1.01. The van der Waals surface area contributed by atoms with Gasteiger partial charge in [-0.2, -0.15) is 0 Å². The molecule has 0 amide bonds. The summed E-state index contributed by atoms with van der Waals surface area (Å²) in [6.07, 6.45) is 12.0. The van der Waals surface area contributed by atoms with Crippen molar-refractivity contribution in [1.82, 2.24) is 0 Å². The highest BCUT2D eigenvalue weighted by molar-refractivity contribution is 7.73. The summed E-state index contributed by atoms with van der Waals surface area (Å²) in [5.74, 6) is 1.63. The fourth-order valence-corrected chi connectivity index (χ4v) is 9.50. The van der Waals surface area contributed by atoms with E-state index in [1.807, 2.05) is 48.5 Å². The van der Waals surface area contributed by atoms with E-state index in [-0.39, 0.29) is 0 Å². The lowest BCUT2D eigenvalue weighted by atomic mass is 9.99. The Morgan fingerprint density at radius 3 is 1.78 bits per heavy atom. The summed E-state index contributed by atoms with van der Waals surface area (Å²) in [6, 6.07) is 18.1. The highest BCUT2D eigenvalue weighted by atomic mass is 31.2. The van der Waals surface area contributed by atoms with Crippen LogP contribution in [0.4, 0.5) is 0 Å². The Morgan fingerprint density at radius 1 is 0.667 bits per heavy atom. The van der Waals surface area contributed by atoms with Crippen molar-refractivity contribution in [1.29, 1.82) is 0 Å². The average Bonchev–Trinajstić information content (AvgIpc) is 2.75. The maximum atomic E-state index is 14.9. The zero-order chi connectivity index (χ0) is 18.5. The van der Waals surface area contributed by atoms with Gasteiger partial charge in [-0.25, -0.2) is 0 Å². The fourth-order valence-electron chi connectivity index (χ4n) is 5.07. The van der Waals surface area contributed by atoms with Crippen molar-refractivity contribution in [2.24, 2.45) is 0 Å². The van der Waals surface area contributed by atoms with Gasteiger partial charge in [-0.15, -0.1) is 0 Å². The summed E-state index contributed by atoms with van der Waals surface area (Å²) >= 11 is 0. The van der Waals surface area contributed by atoms with E-state index in [0.29, 0.717) is 11.3 Å². The summed E-state index contributed by atoms with van der Waals surface area (Å²) in [4.78, 5) is 0. The molecule has 0 unspecified atom stereocenters. The van der Waals surface area contributed by atoms with Gasteiger partial charge in [0.1, 0.15) is 18.6 Å². The van der Waals surface area contributed by atoms with Crippen LogP contribution in [0, 0.1) is 0 Å². The maximum absolute atomic E-state index is 14.9. The van der Waals surface area contributed by atoms with E-state index < -0.39 is 7.14 Å². The number of benzene rings is 2. The smallest absolute Gasteiger partial charge is 0.138 e. The molecule has 2 aliphatic carbocycles. The zero-order valence-corrected chi connectivity index (χ0v) is 17.1. The van der Waals surface area contributed by atoms with Crippen LogP contribution in [-0.2, 0) is 4.57 Å². The van der Waals surface area contributed by atoms with Crippen LogP contribution in [-0.4, -0.2) is 11.3 Å². The van der Waals surface area contributed by atoms with E-state index in [4.69, 9.17) is 4.74 Å². The first-order valence-electron chi connectivity index (χ1n) is 10.7. The molecule has 0 bridgehead atoms. The van der Waals surface area contributed by atoms with Gasteiger partial charge in [0.2, 0.25) is 0 Å². The fraction of sp³-hybridized carbons (Fsp3) is 0.500. The van der Waals surface area contributed by atoms with Crippen molar-refractivity contribution < 1.29 is 9.30 Å². The van der Waals surface area contributed by atoms with Crippen molar-refractivity contribution in [3.05, 3.63) is 54.6 Å². The number of para-hydroxylation sites is 2. The third-order valence-electron chi connectivity index (χ3n) is 6.45. The van der Waals surface area contributed by atoms with E-state index in [1.54, 1.807) is 0 Å². The molecule has 0 aromatic heterocycles. The number of rotatable bonds is 5. The second kappa shape index (κ2) is 8.65. The van der Waals surface area contributed by atoms with Crippen LogP contribution in [0.5, 0.6) is 11.5 Å². The molecule has 0 heterocycles. The maximum Gasteiger partial charge on any atom is 0.138 e. The molecule has 27 heavy (non-hydrogen) atoms. The molecule has 2 aliphatic rings. The van der Waals surface area contributed by atoms with Gasteiger partial charge in [0.05, 0.1) is 5.30 Å². The molecule has 2 aromatic rings. The molecule has 0 N–H and O–H groups in total. The summed E-state index contributed by atoms with van der Waals surface area (Å²) < 4.78 is 21.1. The molecule has 144 valence electrons. The minimum atomic E-state index is -2.52. The van der Waals surface area contributed by atoms with Crippen LogP contribution in [0.1, 0.15) is 64.2 Å². The van der Waals surface area contributed by atoms with Crippen LogP contribution in [0.3, 0.4) is 0 Å². The Kier molecular flexibility index (Phi) is 6.03. The average molecular weight is 382 g/mol. The Morgan fingerprint density at radius 2 is 1.19 bits per heavy atom. The molecule has 2 nitrogen and oxygen atoms in total. The van der Waals surface area contributed by atoms with Gasteiger partial charge in [0.15, 0.2) is 0 Å². The molecule has 2 aromatic carbocycles. The van der Waals surface area contributed by atoms with E-state index in [0.717, 1.165) is 42.5 Å². The van der Waals surface area contributed by atoms with Crippen molar-refractivity contribution in [3.63, 3.8) is 0 Å². The molecule has 2 fully saturated rings. The van der Waals surface area contributed by atoms with E-state index in [9.17, 15) is 4.57 Å². The molecule has 0 atom stereocenters. The lowest BCUT2D eigenvalue weighted by Gasteiger charge is -2.39. The third kappa shape index (κ3) is 4.02. The van der Waals surface area contributed by atoms with Gasteiger partial charge in [0, 0.05) is 11.3 Å². The third-order valence-corrected chi connectivity index (χ3v) is 10.8. The van der Waals surface area contributed by atoms with Gasteiger partial charge < -0.3 is 9.30 Å². The lowest BCUT2D eigenvalue weighted by Crippen LogP contribution is -2.30. The second-order valence-electron chi connectivity index (χ2n) is 8.18. The Labute approximate surface area is 163 Å². The normalized spacial score (nSPS) is 19.7. The number of hydrogen-bond donors (Lipinski definition) is 0. The number of ether oxygens (including phenoxy) is 1. The number of hydrogen-bond acceptors (Lipinski definition) is 2. The molecule has 4 rings (SSSR count). The Balaban J connectivity index is 1.74. The van der Waals surface area contributed by atoms with Crippen LogP contribution in [0.25, 0.3) is 0 Å². The highest BCUT2D eigenvalue weighted by Crippen LogP contribution is 2.63. The van der Waals surface area contributed by atoms with Crippen LogP contribution < -0.4 is 10.0 Å². The minimum Gasteiger partial charge on any atom is -0.457 e. The molecule has 0 radical (unpaired) electrons. The predicted molar refractivity (Wildman–Crippen MR) is 114 cm³/mol. The molecular formula is C24H31O2P. The lowest BCUT2D eigenvalue weighted by molar-refractivity contribution is 0.450. The molecule has 2 saturated carbocycles. The van der Waals surface area contributed by atoms with Gasteiger partial charge in [-0.1, -0.05) is 68.9 Å². The van der Waals surface area contributed by atoms with Gasteiger partial charge in [-0.3, -0.25) is 0 Å². The standard InChI is InChI=1S/C24H31O2P/c25-27(21-14-6-2-7-15-21,22-16-8-3-9-17-22)24-19-11-10-18-23(24)26-20-12-4-1-5-13-20/h1,4-5,10-13,18-19,21-22H,2-3,6-9,14-17H2. The quantitative estimate of drug-likeness (QED) is 0.514. The summed E-state index contributed by atoms with van der Waals surface area (Å²) in [5.41, 5.74) is 0.685. The second-order valence-corrected chi connectivity index (χ2v) is 11.5. The summed E-state index contributed by atoms with van der Waals surface area (Å²) in [6.45, 7) is 0. The molecule has 3 heteroatoms. The minimum absolute atomic E-state index is 0.342. The van der Waals surface area contributed by atoms with Crippen LogP contribution in [0.15, 0.2) is 54.6 Å². The molecule has 0 spiro atoms.